The summed E-state index contributed by atoms with van der Waals surface area (Å²) in [6.45, 7) is 4.50. The van der Waals surface area contributed by atoms with Crippen molar-refractivity contribution < 1.29 is 0 Å². The van der Waals surface area contributed by atoms with Gasteiger partial charge in [-0.25, -0.2) is 0 Å². The van der Waals surface area contributed by atoms with Crippen LogP contribution in [0, 0.1) is 29.6 Å². The molecule has 146 valence electrons. The molecule has 4 rings (SSSR count). The van der Waals surface area contributed by atoms with Crippen molar-refractivity contribution in [3.05, 3.63) is 23.8 Å². The summed E-state index contributed by atoms with van der Waals surface area (Å²) in [6.07, 6.45) is 24.6. The molecular weight excluding hydrogens is 427 g/mol. The SMILES string of the molecule is C=C1CCCCCCCC2CC(C3CCC4C[C@@H](I)CC[C@H]4C3)CC=C12. The molecule has 0 N–H and O–H groups in total. The first-order valence-corrected chi connectivity index (χ1v) is 13.0. The predicted molar refractivity (Wildman–Crippen MR) is 122 cm³/mol. The second kappa shape index (κ2) is 9.14. The zero-order valence-electron chi connectivity index (χ0n) is 16.7. The molecule has 1 heteroatoms. The average molecular weight is 466 g/mol. The molecule has 3 fully saturated rings. The van der Waals surface area contributed by atoms with Gasteiger partial charge in [0.15, 0.2) is 0 Å². The van der Waals surface area contributed by atoms with Gasteiger partial charge < -0.3 is 0 Å². The highest BCUT2D eigenvalue weighted by atomic mass is 127. The Kier molecular flexibility index (Phi) is 6.86. The van der Waals surface area contributed by atoms with E-state index in [9.17, 15) is 0 Å². The van der Waals surface area contributed by atoms with Gasteiger partial charge in [0, 0.05) is 3.92 Å². The fourth-order valence-corrected chi connectivity index (χ4v) is 7.84. The Hall–Kier alpha value is 0.210. The van der Waals surface area contributed by atoms with Gasteiger partial charge in [-0.05, 0) is 106 Å². The Balaban J connectivity index is 1.40. The molecule has 0 aromatic heterocycles. The second-order valence-electron chi connectivity index (χ2n) is 10.0. The van der Waals surface area contributed by atoms with Crippen LogP contribution in [0.2, 0.25) is 0 Å². The van der Waals surface area contributed by atoms with Crippen LogP contribution in [0.4, 0.5) is 0 Å². The Morgan fingerprint density at radius 2 is 1.42 bits per heavy atom. The second-order valence-corrected chi connectivity index (χ2v) is 11.8. The Labute approximate surface area is 175 Å². The molecule has 0 aliphatic heterocycles. The number of hydrogen-bond acceptors (Lipinski definition) is 0. The van der Waals surface area contributed by atoms with Gasteiger partial charge in [0.25, 0.3) is 0 Å². The van der Waals surface area contributed by atoms with E-state index < -0.39 is 0 Å². The van der Waals surface area contributed by atoms with Gasteiger partial charge in [-0.3, -0.25) is 0 Å². The smallest absolute Gasteiger partial charge is 0.0112 e. The molecule has 6 atom stereocenters. The number of hydrogen-bond donors (Lipinski definition) is 0. The summed E-state index contributed by atoms with van der Waals surface area (Å²) in [4.78, 5) is 0. The first-order chi connectivity index (χ1) is 12.7. The highest BCUT2D eigenvalue weighted by molar-refractivity contribution is 14.1. The minimum Gasteiger partial charge on any atom is -0.0956 e. The molecule has 0 spiro atoms. The van der Waals surface area contributed by atoms with Gasteiger partial charge in [0.05, 0.1) is 0 Å². The molecule has 3 saturated carbocycles. The molecule has 4 aliphatic carbocycles. The fourth-order valence-electron chi connectivity index (χ4n) is 6.83. The van der Waals surface area contributed by atoms with Crippen LogP contribution >= 0.6 is 22.6 Å². The van der Waals surface area contributed by atoms with Crippen LogP contribution in [-0.2, 0) is 0 Å². The van der Waals surface area contributed by atoms with Gasteiger partial charge in [-0.1, -0.05) is 66.5 Å². The van der Waals surface area contributed by atoms with Gasteiger partial charge in [0.1, 0.15) is 0 Å². The molecule has 0 amide bonds. The lowest BCUT2D eigenvalue weighted by Crippen LogP contribution is -2.35. The molecule has 26 heavy (non-hydrogen) atoms. The van der Waals surface area contributed by atoms with E-state index >= 15 is 0 Å². The van der Waals surface area contributed by atoms with E-state index in [2.05, 4.69) is 35.2 Å². The monoisotopic (exact) mass is 466 g/mol. The Bertz CT molecular complexity index is 518. The van der Waals surface area contributed by atoms with Crippen LogP contribution in [0.15, 0.2) is 23.8 Å². The van der Waals surface area contributed by atoms with Crippen molar-refractivity contribution in [2.75, 3.05) is 0 Å². The van der Waals surface area contributed by atoms with Crippen molar-refractivity contribution in [3.63, 3.8) is 0 Å². The fraction of sp³-hybridized carbons (Fsp3) is 0.840. The predicted octanol–water partition coefficient (Wildman–Crippen LogP) is 8.26. The zero-order valence-corrected chi connectivity index (χ0v) is 18.9. The first kappa shape index (κ1) is 19.5. The Morgan fingerprint density at radius 3 is 2.31 bits per heavy atom. The standard InChI is InChI=1S/C25H39I/c1-18-7-5-3-2-4-6-8-23-16-21(12-14-25(18)23)19-9-10-22-17-24(26)13-11-20(22)15-19/h14,19-24H,1-13,15-17H2/t19?,20-,21?,22?,23?,24-/m0/s1. The van der Waals surface area contributed by atoms with Crippen molar-refractivity contribution in [3.8, 4) is 0 Å². The van der Waals surface area contributed by atoms with Crippen LogP contribution < -0.4 is 0 Å². The zero-order chi connectivity index (χ0) is 17.9. The number of rotatable bonds is 1. The van der Waals surface area contributed by atoms with E-state index in [1.165, 1.54) is 89.0 Å². The summed E-state index contributed by atoms with van der Waals surface area (Å²) < 4.78 is 0.972. The van der Waals surface area contributed by atoms with Gasteiger partial charge >= 0.3 is 0 Å². The van der Waals surface area contributed by atoms with Crippen molar-refractivity contribution in [2.45, 2.75) is 100 Å². The summed E-state index contributed by atoms with van der Waals surface area (Å²) in [5.41, 5.74) is 3.20. The maximum atomic E-state index is 4.50. The maximum absolute atomic E-state index is 4.50. The normalized spacial score (nSPS) is 42.3. The van der Waals surface area contributed by atoms with Gasteiger partial charge in [0.2, 0.25) is 0 Å². The summed E-state index contributed by atoms with van der Waals surface area (Å²) in [6, 6.07) is 0. The number of fused-ring (bicyclic) bond motifs is 2. The lowest BCUT2D eigenvalue weighted by molar-refractivity contribution is 0.0931. The highest BCUT2D eigenvalue weighted by Crippen LogP contribution is 2.50. The quantitative estimate of drug-likeness (QED) is 0.270. The minimum atomic E-state index is 0.849. The minimum absolute atomic E-state index is 0.849. The number of halogens is 1. The molecule has 0 aromatic carbocycles. The molecule has 0 radical (unpaired) electrons. The van der Waals surface area contributed by atoms with Crippen molar-refractivity contribution in [2.24, 2.45) is 29.6 Å². The van der Waals surface area contributed by atoms with Crippen LogP contribution in [0.1, 0.15) is 96.3 Å². The lowest BCUT2D eigenvalue weighted by atomic mass is 9.62. The molecule has 0 nitrogen and oxygen atoms in total. The number of alkyl halides is 1. The van der Waals surface area contributed by atoms with Gasteiger partial charge in [-0.2, -0.15) is 0 Å². The van der Waals surface area contributed by atoms with E-state index in [1.54, 1.807) is 18.4 Å². The average Bonchev–Trinajstić information content (AvgIpc) is 2.66. The Morgan fingerprint density at radius 1 is 0.731 bits per heavy atom. The topological polar surface area (TPSA) is 0 Å². The van der Waals surface area contributed by atoms with Crippen LogP contribution in [0.5, 0.6) is 0 Å². The molecule has 0 saturated heterocycles. The van der Waals surface area contributed by atoms with E-state index in [-0.39, 0.29) is 0 Å². The number of allylic oxidation sites excluding steroid dienone is 3. The lowest BCUT2D eigenvalue weighted by Gasteiger charge is -2.45. The highest BCUT2D eigenvalue weighted by Gasteiger charge is 2.38. The molecule has 0 aromatic rings. The van der Waals surface area contributed by atoms with E-state index in [0.29, 0.717) is 0 Å². The molecule has 0 heterocycles. The van der Waals surface area contributed by atoms with E-state index in [4.69, 9.17) is 0 Å². The van der Waals surface area contributed by atoms with Crippen molar-refractivity contribution >= 4 is 22.6 Å². The van der Waals surface area contributed by atoms with E-state index in [0.717, 1.165) is 33.5 Å². The molecule has 0 bridgehead atoms. The summed E-state index contributed by atoms with van der Waals surface area (Å²) in [5.74, 6) is 5.01. The van der Waals surface area contributed by atoms with Crippen molar-refractivity contribution in [1.82, 2.24) is 0 Å². The summed E-state index contributed by atoms with van der Waals surface area (Å²) in [7, 11) is 0. The van der Waals surface area contributed by atoms with Crippen molar-refractivity contribution in [1.29, 1.82) is 0 Å². The summed E-state index contributed by atoms with van der Waals surface area (Å²) in [5, 5.41) is 0. The molecule has 4 aliphatic rings. The van der Waals surface area contributed by atoms with E-state index in [1.807, 2.05) is 0 Å². The largest absolute Gasteiger partial charge is 0.0956 e. The van der Waals surface area contributed by atoms with Gasteiger partial charge in [-0.15, -0.1) is 0 Å². The third-order valence-corrected chi connectivity index (χ3v) is 9.49. The van der Waals surface area contributed by atoms with Crippen LogP contribution in [0.3, 0.4) is 0 Å². The molecule has 4 unspecified atom stereocenters. The third-order valence-electron chi connectivity index (χ3n) is 8.36. The summed E-state index contributed by atoms with van der Waals surface area (Å²) >= 11 is 2.71. The van der Waals surface area contributed by atoms with Crippen LogP contribution in [-0.4, -0.2) is 3.92 Å². The maximum Gasteiger partial charge on any atom is 0.0112 e. The van der Waals surface area contributed by atoms with Crippen LogP contribution in [0.25, 0.3) is 0 Å². The third kappa shape index (κ3) is 4.61. The molecular formula is C25H39I. The first-order valence-electron chi connectivity index (χ1n) is 11.7.